The Morgan fingerprint density at radius 2 is 2.17 bits per heavy atom. The molecule has 0 aromatic carbocycles. The summed E-state index contributed by atoms with van der Waals surface area (Å²) < 4.78 is 11.5. The minimum absolute atomic E-state index is 0.0832. The lowest BCUT2D eigenvalue weighted by Crippen LogP contribution is -2.47. The lowest BCUT2D eigenvalue weighted by atomic mass is 9.95. The number of ether oxygens (including phenoxy) is 1. The van der Waals surface area contributed by atoms with Crippen molar-refractivity contribution in [2.45, 2.75) is 57.7 Å². The van der Waals surface area contributed by atoms with Gasteiger partial charge in [0.2, 0.25) is 0 Å². The molecule has 2 aliphatic rings. The van der Waals surface area contributed by atoms with Crippen LogP contribution in [0.15, 0.2) is 16.5 Å². The summed E-state index contributed by atoms with van der Waals surface area (Å²) in [7, 11) is 0. The van der Waals surface area contributed by atoms with Crippen molar-refractivity contribution in [1.82, 2.24) is 5.32 Å². The summed E-state index contributed by atoms with van der Waals surface area (Å²) in [5.41, 5.74) is 0.0832. The van der Waals surface area contributed by atoms with E-state index in [1.807, 2.05) is 0 Å². The number of hydrogen-bond donors (Lipinski definition) is 1. The predicted molar refractivity (Wildman–Crippen MR) is 70.5 cm³/mol. The SMILES string of the molecule is CC1CC1c1ccc(CNC2(C)CCOC2C)o1. The first-order valence-electron chi connectivity index (χ1n) is 7.04. The van der Waals surface area contributed by atoms with Crippen molar-refractivity contribution >= 4 is 0 Å². The van der Waals surface area contributed by atoms with E-state index in [1.165, 1.54) is 12.2 Å². The minimum atomic E-state index is 0.0832. The van der Waals surface area contributed by atoms with Crippen LogP contribution in [0, 0.1) is 5.92 Å². The average molecular weight is 249 g/mol. The van der Waals surface area contributed by atoms with Gasteiger partial charge in [-0.15, -0.1) is 0 Å². The second-order valence-corrected chi connectivity index (χ2v) is 6.16. The largest absolute Gasteiger partial charge is 0.464 e. The molecule has 1 N–H and O–H groups in total. The van der Waals surface area contributed by atoms with Crippen LogP contribution in [-0.2, 0) is 11.3 Å². The van der Waals surface area contributed by atoms with E-state index in [2.05, 4.69) is 38.2 Å². The van der Waals surface area contributed by atoms with Crippen LogP contribution in [0.1, 0.15) is 51.1 Å². The fourth-order valence-corrected chi connectivity index (χ4v) is 2.76. The fourth-order valence-electron chi connectivity index (χ4n) is 2.76. The van der Waals surface area contributed by atoms with Crippen molar-refractivity contribution in [3.63, 3.8) is 0 Å². The smallest absolute Gasteiger partial charge is 0.117 e. The molecular weight excluding hydrogens is 226 g/mol. The van der Waals surface area contributed by atoms with E-state index in [-0.39, 0.29) is 11.6 Å². The highest BCUT2D eigenvalue weighted by molar-refractivity contribution is 5.17. The summed E-state index contributed by atoms with van der Waals surface area (Å²) in [6.07, 6.45) is 2.63. The van der Waals surface area contributed by atoms with Gasteiger partial charge in [0.25, 0.3) is 0 Å². The first-order valence-corrected chi connectivity index (χ1v) is 7.04. The summed E-state index contributed by atoms with van der Waals surface area (Å²) >= 11 is 0. The van der Waals surface area contributed by atoms with Gasteiger partial charge in [0, 0.05) is 18.1 Å². The zero-order chi connectivity index (χ0) is 12.8. The Labute approximate surface area is 109 Å². The third kappa shape index (κ3) is 2.21. The predicted octanol–water partition coefficient (Wildman–Crippen LogP) is 3.06. The van der Waals surface area contributed by atoms with Gasteiger partial charge in [-0.1, -0.05) is 6.92 Å². The van der Waals surface area contributed by atoms with Gasteiger partial charge in [0.05, 0.1) is 12.6 Å². The number of nitrogens with one attached hydrogen (secondary N) is 1. The van der Waals surface area contributed by atoms with Crippen molar-refractivity contribution in [1.29, 1.82) is 0 Å². The highest BCUT2D eigenvalue weighted by atomic mass is 16.5. The lowest BCUT2D eigenvalue weighted by molar-refractivity contribution is 0.0874. The molecule has 1 aromatic heterocycles. The maximum atomic E-state index is 5.91. The van der Waals surface area contributed by atoms with E-state index >= 15 is 0 Å². The normalized spacial score (nSPS) is 39.2. The Bertz CT molecular complexity index is 428. The molecule has 18 heavy (non-hydrogen) atoms. The third-order valence-electron chi connectivity index (χ3n) is 4.71. The molecule has 0 bridgehead atoms. The molecule has 3 nitrogen and oxygen atoms in total. The molecule has 1 saturated heterocycles. The van der Waals surface area contributed by atoms with E-state index in [0.717, 1.165) is 31.3 Å². The van der Waals surface area contributed by atoms with Crippen LogP contribution in [0.4, 0.5) is 0 Å². The van der Waals surface area contributed by atoms with Gasteiger partial charge >= 0.3 is 0 Å². The van der Waals surface area contributed by atoms with E-state index in [0.29, 0.717) is 5.92 Å². The van der Waals surface area contributed by atoms with Crippen molar-refractivity contribution in [3.05, 3.63) is 23.7 Å². The van der Waals surface area contributed by atoms with Crippen molar-refractivity contribution in [2.24, 2.45) is 5.92 Å². The van der Waals surface area contributed by atoms with Gasteiger partial charge in [-0.3, -0.25) is 0 Å². The summed E-state index contributed by atoms with van der Waals surface area (Å²) in [6, 6.07) is 4.25. The molecule has 100 valence electrons. The first-order chi connectivity index (χ1) is 8.58. The Kier molecular flexibility index (Phi) is 2.99. The molecule has 3 rings (SSSR count). The standard InChI is InChI=1S/C15H23NO2/c1-10-8-13(10)14-5-4-12(18-14)9-16-15(3)6-7-17-11(15)2/h4-5,10-11,13,16H,6-9H2,1-3H3. The topological polar surface area (TPSA) is 34.4 Å². The van der Waals surface area contributed by atoms with Crippen molar-refractivity contribution in [3.8, 4) is 0 Å². The van der Waals surface area contributed by atoms with Crippen LogP contribution in [-0.4, -0.2) is 18.2 Å². The van der Waals surface area contributed by atoms with Crippen LogP contribution >= 0.6 is 0 Å². The molecular formula is C15H23NO2. The highest BCUT2D eigenvalue weighted by Gasteiger charge is 2.38. The second kappa shape index (κ2) is 4.39. The fraction of sp³-hybridized carbons (Fsp3) is 0.733. The van der Waals surface area contributed by atoms with Crippen LogP contribution in [0.25, 0.3) is 0 Å². The van der Waals surface area contributed by atoms with E-state index < -0.39 is 0 Å². The van der Waals surface area contributed by atoms with Gasteiger partial charge in [-0.2, -0.15) is 0 Å². The number of furan rings is 1. The van der Waals surface area contributed by atoms with E-state index in [4.69, 9.17) is 9.15 Å². The van der Waals surface area contributed by atoms with E-state index in [9.17, 15) is 0 Å². The van der Waals surface area contributed by atoms with Crippen LogP contribution < -0.4 is 5.32 Å². The van der Waals surface area contributed by atoms with E-state index in [1.54, 1.807) is 0 Å². The Hall–Kier alpha value is -0.800. The van der Waals surface area contributed by atoms with Crippen LogP contribution in [0.3, 0.4) is 0 Å². The Morgan fingerprint density at radius 1 is 1.39 bits per heavy atom. The molecule has 1 aliphatic carbocycles. The summed E-state index contributed by atoms with van der Waals surface area (Å²) in [5, 5.41) is 3.59. The summed E-state index contributed by atoms with van der Waals surface area (Å²) in [5.74, 6) is 3.69. The van der Waals surface area contributed by atoms with Gasteiger partial charge in [-0.25, -0.2) is 0 Å². The molecule has 4 atom stereocenters. The summed E-state index contributed by atoms with van der Waals surface area (Å²) in [6.45, 7) is 8.31. The third-order valence-corrected chi connectivity index (χ3v) is 4.71. The molecule has 1 saturated carbocycles. The molecule has 1 aromatic rings. The highest BCUT2D eigenvalue weighted by Crippen LogP contribution is 2.47. The lowest BCUT2D eigenvalue weighted by Gasteiger charge is -2.28. The van der Waals surface area contributed by atoms with Gasteiger partial charge in [0.1, 0.15) is 11.5 Å². The molecule has 1 aliphatic heterocycles. The summed E-state index contributed by atoms with van der Waals surface area (Å²) in [4.78, 5) is 0. The monoisotopic (exact) mass is 249 g/mol. The molecule has 0 amide bonds. The molecule has 2 heterocycles. The molecule has 2 fully saturated rings. The second-order valence-electron chi connectivity index (χ2n) is 6.16. The Balaban J connectivity index is 1.58. The van der Waals surface area contributed by atoms with Crippen molar-refractivity contribution in [2.75, 3.05) is 6.61 Å². The van der Waals surface area contributed by atoms with Gasteiger partial charge < -0.3 is 14.5 Å². The zero-order valence-electron chi connectivity index (χ0n) is 11.5. The van der Waals surface area contributed by atoms with Crippen LogP contribution in [0.2, 0.25) is 0 Å². The quantitative estimate of drug-likeness (QED) is 0.890. The van der Waals surface area contributed by atoms with Crippen LogP contribution in [0.5, 0.6) is 0 Å². The maximum absolute atomic E-state index is 5.91. The zero-order valence-corrected chi connectivity index (χ0v) is 11.5. The number of hydrogen-bond acceptors (Lipinski definition) is 3. The van der Waals surface area contributed by atoms with Crippen molar-refractivity contribution < 1.29 is 9.15 Å². The molecule has 3 heteroatoms. The van der Waals surface area contributed by atoms with Gasteiger partial charge in [0.15, 0.2) is 0 Å². The maximum Gasteiger partial charge on any atom is 0.117 e. The van der Waals surface area contributed by atoms with Gasteiger partial charge in [-0.05, 0) is 44.7 Å². The minimum Gasteiger partial charge on any atom is -0.464 e. The first kappa shape index (κ1) is 12.2. The molecule has 4 unspecified atom stereocenters. The molecule has 0 radical (unpaired) electrons. The number of rotatable bonds is 4. The Morgan fingerprint density at radius 3 is 2.78 bits per heavy atom. The average Bonchev–Trinajstić information content (AvgIpc) is 2.76. The molecule has 0 spiro atoms.